The Kier molecular flexibility index (Phi) is 3.52. The lowest BCUT2D eigenvalue weighted by Crippen LogP contribution is -2.10. The van der Waals surface area contributed by atoms with Crippen molar-refractivity contribution in [2.75, 3.05) is 0 Å². The van der Waals surface area contributed by atoms with Gasteiger partial charge in [0.2, 0.25) is 0 Å². The molecule has 0 N–H and O–H groups in total. The molecular formula is C15H16ClN3S. The monoisotopic (exact) mass is 305 g/mol. The highest BCUT2D eigenvalue weighted by atomic mass is 35.5. The maximum Gasteiger partial charge on any atom is 0.160 e. The maximum atomic E-state index is 6.07. The molecule has 0 aliphatic heterocycles. The van der Waals surface area contributed by atoms with Crippen molar-refractivity contribution in [1.29, 1.82) is 0 Å². The van der Waals surface area contributed by atoms with Crippen LogP contribution >= 0.6 is 22.9 Å². The number of hydrogen-bond acceptors (Lipinski definition) is 3. The summed E-state index contributed by atoms with van der Waals surface area (Å²) in [7, 11) is 0. The van der Waals surface area contributed by atoms with Crippen LogP contribution in [-0.4, -0.2) is 14.5 Å². The van der Waals surface area contributed by atoms with Gasteiger partial charge in [0.15, 0.2) is 5.65 Å². The zero-order valence-corrected chi connectivity index (χ0v) is 13.3. The van der Waals surface area contributed by atoms with E-state index in [-0.39, 0.29) is 6.04 Å². The highest BCUT2D eigenvalue weighted by Gasteiger charge is 2.19. The Morgan fingerprint density at radius 1 is 1.40 bits per heavy atom. The summed E-state index contributed by atoms with van der Waals surface area (Å²) < 4.78 is 2.15. The van der Waals surface area contributed by atoms with Crippen molar-refractivity contribution in [2.45, 2.75) is 32.7 Å². The average molecular weight is 306 g/mol. The van der Waals surface area contributed by atoms with E-state index in [0.29, 0.717) is 5.88 Å². The van der Waals surface area contributed by atoms with Gasteiger partial charge in [-0.3, -0.25) is 0 Å². The number of rotatable bonds is 3. The highest BCUT2D eigenvalue weighted by Crippen LogP contribution is 2.31. The first kappa shape index (κ1) is 13.6. The van der Waals surface area contributed by atoms with Gasteiger partial charge in [-0.25, -0.2) is 9.97 Å². The molecule has 0 aliphatic carbocycles. The molecule has 1 atom stereocenters. The second-order valence-corrected chi connectivity index (χ2v) is 6.65. The second-order valence-electron chi connectivity index (χ2n) is 4.92. The molecule has 3 rings (SSSR count). The van der Waals surface area contributed by atoms with E-state index in [4.69, 9.17) is 11.6 Å². The molecule has 0 saturated heterocycles. The van der Waals surface area contributed by atoms with Gasteiger partial charge in [-0.05, 0) is 44.5 Å². The molecule has 5 heteroatoms. The van der Waals surface area contributed by atoms with Crippen LogP contribution in [0.2, 0.25) is 0 Å². The topological polar surface area (TPSA) is 30.7 Å². The molecule has 0 saturated carbocycles. The average Bonchev–Trinajstić information content (AvgIpc) is 2.97. The Labute approximate surface area is 127 Å². The van der Waals surface area contributed by atoms with Crippen LogP contribution in [0.15, 0.2) is 24.4 Å². The van der Waals surface area contributed by atoms with Crippen LogP contribution in [0.1, 0.15) is 34.1 Å². The molecule has 0 aromatic carbocycles. The number of imidazole rings is 1. The molecule has 104 valence electrons. The molecule has 0 radical (unpaired) electrons. The molecule has 3 aromatic heterocycles. The summed E-state index contributed by atoms with van der Waals surface area (Å²) in [5, 5.41) is 0. The minimum atomic E-state index is 0.189. The van der Waals surface area contributed by atoms with Crippen LogP contribution in [0.4, 0.5) is 0 Å². The summed E-state index contributed by atoms with van der Waals surface area (Å²) in [6.45, 7) is 6.48. The number of aromatic nitrogens is 3. The lowest BCUT2D eigenvalue weighted by Gasteiger charge is -2.16. The third-order valence-corrected chi connectivity index (χ3v) is 4.78. The Morgan fingerprint density at radius 2 is 2.20 bits per heavy atom. The van der Waals surface area contributed by atoms with Crippen molar-refractivity contribution in [3.63, 3.8) is 0 Å². The van der Waals surface area contributed by atoms with Crippen LogP contribution in [0.3, 0.4) is 0 Å². The van der Waals surface area contributed by atoms with E-state index < -0.39 is 0 Å². The van der Waals surface area contributed by atoms with E-state index in [2.05, 4.69) is 41.4 Å². The highest BCUT2D eigenvalue weighted by molar-refractivity contribution is 7.12. The summed E-state index contributed by atoms with van der Waals surface area (Å²) >= 11 is 7.90. The largest absolute Gasteiger partial charge is 0.304 e. The second kappa shape index (κ2) is 5.19. The van der Waals surface area contributed by atoms with E-state index in [1.807, 2.05) is 23.5 Å². The molecule has 0 fully saturated rings. The Balaban J connectivity index is 2.20. The number of fused-ring (bicyclic) bond motifs is 1. The number of alkyl halides is 1. The van der Waals surface area contributed by atoms with Crippen molar-refractivity contribution >= 4 is 34.1 Å². The zero-order valence-electron chi connectivity index (χ0n) is 11.7. The van der Waals surface area contributed by atoms with Gasteiger partial charge in [-0.15, -0.1) is 22.9 Å². The van der Waals surface area contributed by atoms with Crippen LogP contribution < -0.4 is 0 Å². The third-order valence-electron chi connectivity index (χ3n) is 3.56. The number of pyridine rings is 1. The molecule has 3 heterocycles. The summed E-state index contributed by atoms with van der Waals surface area (Å²) in [5.74, 6) is 1.26. The van der Waals surface area contributed by atoms with Gasteiger partial charge in [-0.2, -0.15) is 0 Å². The molecule has 20 heavy (non-hydrogen) atoms. The Morgan fingerprint density at radius 3 is 2.85 bits per heavy atom. The number of aryl methyl sites for hydroxylation is 2. The minimum absolute atomic E-state index is 0.189. The fourth-order valence-electron chi connectivity index (χ4n) is 2.68. The van der Waals surface area contributed by atoms with Gasteiger partial charge in [0, 0.05) is 16.0 Å². The van der Waals surface area contributed by atoms with Gasteiger partial charge < -0.3 is 4.57 Å². The maximum absolute atomic E-state index is 6.07. The minimum Gasteiger partial charge on any atom is -0.304 e. The van der Waals surface area contributed by atoms with Gasteiger partial charge in [0.05, 0.1) is 11.9 Å². The number of hydrogen-bond donors (Lipinski definition) is 0. The summed E-state index contributed by atoms with van der Waals surface area (Å²) in [6, 6.07) is 6.32. The van der Waals surface area contributed by atoms with E-state index >= 15 is 0 Å². The predicted molar refractivity (Wildman–Crippen MR) is 84.7 cm³/mol. The van der Waals surface area contributed by atoms with E-state index in [1.54, 1.807) is 6.20 Å². The van der Waals surface area contributed by atoms with Crippen molar-refractivity contribution in [1.82, 2.24) is 14.5 Å². The van der Waals surface area contributed by atoms with Crippen molar-refractivity contribution in [3.8, 4) is 0 Å². The summed E-state index contributed by atoms with van der Waals surface area (Å²) in [6.07, 6.45) is 1.80. The van der Waals surface area contributed by atoms with Crippen LogP contribution in [0.25, 0.3) is 11.2 Å². The first-order valence-corrected chi connectivity index (χ1v) is 7.91. The van der Waals surface area contributed by atoms with Crippen molar-refractivity contribution in [2.24, 2.45) is 0 Å². The standard InChI is InChI=1S/C15H16ClN3S/c1-9-7-12(11(3)20-9)10(2)19-14(8-16)18-13-5-4-6-17-15(13)19/h4-7,10H,8H2,1-3H3. The fraction of sp³-hybridized carbons (Fsp3) is 0.333. The van der Waals surface area contributed by atoms with Gasteiger partial charge in [-0.1, -0.05) is 0 Å². The number of halogens is 1. The molecule has 3 nitrogen and oxygen atoms in total. The van der Waals surface area contributed by atoms with Crippen LogP contribution in [0.5, 0.6) is 0 Å². The molecule has 1 unspecified atom stereocenters. The lowest BCUT2D eigenvalue weighted by atomic mass is 10.1. The normalized spacial score (nSPS) is 13.0. The molecule has 0 spiro atoms. The van der Waals surface area contributed by atoms with Crippen LogP contribution in [0, 0.1) is 13.8 Å². The molecule has 0 bridgehead atoms. The quantitative estimate of drug-likeness (QED) is 0.669. The zero-order chi connectivity index (χ0) is 14.3. The van der Waals surface area contributed by atoms with Gasteiger partial charge in [0.25, 0.3) is 0 Å². The molecule has 0 aliphatic rings. The summed E-state index contributed by atoms with van der Waals surface area (Å²) in [5.41, 5.74) is 3.13. The van der Waals surface area contributed by atoms with Gasteiger partial charge >= 0.3 is 0 Å². The summed E-state index contributed by atoms with van der Waals surface area (Å²) in [4.78, 5) is 11.7. The van der Waals surface area contributed by atoms with E-state index in [1.165, 1.54) is 15.3 Å². The SMILES string of the molecule is Cc1cc(C(C)n2c(CCl)nc3cccnc32)c(C)s1. The fourth-order valence-corrected chi connectivity index (χ4v) is 3.89. The first-order chi connectivity index (χ1) is 9.61. The third kappa shape index (κ3) is 2.13. The number of nitrogens with zero attached hydrogens (tertiary/aromatic N) is 3. The van der Waals surface area contributed by atoms with Crippen molar-refractivity contribution in [3.05, 3.63) is 45.5 Å². The van der Waals surface area contributed by atoms with E-state index in [9.17, 15) is 0 Å². The number of thiophene rings is 1. The van der Waals surface area contributed by atoms with Gasteiger partial charge in [0.1, 0.15) is 11.3 Å². The Hall–Kier alpha value is -1.39. The van der Waals surface area contributed by atoms with E-state index in [0.717, 1.165) is 17.0 Å². The van der Waals surface area contributed by atoms with Crippen LogP contribution in [-0.2, 0) is 5.88 Å². The molecule has 0 amide bonds. The molecule has 3 aromatic rings. The Bertz CT molecular complexity index is 760. The smallest absolute Gasteiger partial charge is 0.160 e. The first-order valence-electron chi connectivity index (χ1n) is 6.56. The predicted octanol–water partition coefficient (Wildman–Crippen LogP) is 4.46. The molecular weight excluding hydrogens is 290 g/mol. The lowest BCUT2D eigenvalue weighted by molar-refractivity contribution is 0.628. The van der Waals surface area contributed by atoms with Crippen molar-refractivity contribution < 1.29 is 0 Å².